The Morgan fingerprint density at radius 1 is 1.35 bits per heavy atom. The zero-order valence-electron chi connectivity index (χ0n) is 14.5. The lowest BCUT2D eigenvalue weighted by Crippen LogP contribution is -2.42. The molecule has 0 aliphatic heterocycles. The first-order chi connectivity index (χ1) is 10.7. The number of aromatic nitrogens is 2. The van der Waals surface area contributed by atoms with Gasteiger partial charge in [0.15, 0.2) is 11.8 Å². The molecule has 1 atom stereocenters. The second-order valence-electron chi connectivity index (χ2n) is 6.29. The second-order valence-corrected chi connectivity index (χ2v) is 6.29. The summed E-state index contributed by atoms with van der Waals surface area (Å²) in [6.45, 7) is 4.52. The zero-order chi connectivity index (χ0) is 15.8. The van der Waals surface area contributed by atoms with E-state index in [4.69, 9.17) is 4.52 Å². The molecular formula is C16H30IN5O. The van der Waals surface area contributed by atoms with Crippen LogP contribution in [-0.2, 0) is 6.54 Å². The average Bonchev–Trinajstić information content (AvgIpc) is 2.96. The Labute approximate surface area is 156 Å². The van der Waals surface area contributed by atoms with E-state index in [-0.39, 0.29) is 24.0 Å². The highest BCUT2D eigenvalue weighted by molar-refractivity contribution is 14.0. The van der Waals surface area contributed by atoms with Gasteiger partial charge >= 0.3 is 0 Å². The van der Waals surface area contributed by atoms with Gasteiger partial charge in [-0.3, -0.25) is 4.99 Å². The van der Waals surface area contributed by atoms with Crippen LogP contribution in [0.25, 0.3) is 0 Å². The molecule has 1 fully saturated rings. The number of guanidine groups is 1. The first-order valence-corrected chi connectivity index (χ1v) is 8.43. The van der Waals surface area contributed by atoms with Crippen molar-refractivity contribution >= 4 is 29.9 Å². The van der Waals surface area contributed by atoms with Crippen LogP contribution in [-0.4, -0.2) is 29.2 Å². The summed E-state index contributed by atoms with van der Waals surface area (Å²) in [5, 5.41) is 10.4. The van der Waals surface area contributed by atoms with Crippen LogP contribution >= 0.6 is 24.0 Å². The number of hydrogen-bond donors (Lipinski definition) is 2. The molecule has 2 N–H and O–H groups in total. The molecule has 1 aliphatic carbocycles. The minimum Gasteiger partial charge on any atom is -0.354 e. The highest BCUT2D eigenvalue weighted by Gasteiger charge is 2.15. The first kappa shape index (κ1) is 20.2. The third-order valence-corrected chi connectivity index (χ3v) is 4.32. The molecule has 1 saturated carbocycles. The van der Waals surface area contributed by atoms with Gasteiger partial charge in [-0.15, -0.1) is 24.0 Å². The molecule has 1 unspecified atom stereocenters. The third-order valence-electron chi connectivity index (χ3n) is 4.32. The lowest BCUT2D eigenvalue weighted by atomic mass is 9.85. The summed E-state index contributed by atoms with van der Waals surface area (Å²) in [5.74, 6) is 2.94. The molecule has 132 valence electrons. The molecule has 0 spiro atoms. The Morgan fingerprint density at radius 2 is 2.09 bits per heavy atom. The summed E-state index contributed by atoms with van der Waals surface area (Å²) < 4.78 is 5.08. The molecule has 1 aromatic heterocycles. The lowest BCUT2D eigenvalue weighted by Gasteiger charge is -2.24. The molecule has 1 aromatic rings. The van der Waals surface area contributed by atoms with Crippen LogP contribution < -0.4 is 10.6 Å². The normalized spacial score (nSPS) is 17.4. The number of nitrogens with zero attached hydrogens (tertiary/aromatic N) is 3. The van der Waals surface area contributed by atoms with Gasteiger partial charge < -0.3 is 15.2 Å². The SMILES string of the molecule is CN=C(NCc1nc(C)no1)NC(C)CCC1CCCCC1.I. The Balaban J connectivity index is 0.00000264. The van der Waals surface area contributed by atoms with E-state index in [0.717, 1.165) is 11.9 Å². The minimum absolute atomic E-state index is 0. The van der Waals surface area contributed by atoms with Crippen molar-refractivity contribution in [3.8, 4) is 0 Å². The maximum absolute atomic E-state index is 5.08. The quantitative estimate of drug-likeness (QED) is 0.407. The fraction of sp³-hybridized carbons (Fsp3) is 0.812. The van der Waals surface area contributed by atoms with Gasteiger partial charge in [0.1, 0.15) is 0 Å². The van der Waals surface area contributed by atoms with Crippen LogP contribution in [0.3, 0.4) is 0 Å². The van der Waals surface area contributed by atoms with Gasteiger partial charge in [-0.2, -0.15) is 4.98 Å². The molecular weight excluding hydrogens is 405 g/mol. The smallest absolute Gasteiger partial charge is 0.246 e. The number of hydrogen-bond acceptors (Lipinski definition) is 4. The summed E-state index contributed by atoms with van der Waals surface area (Å²) >= 11 is 0. The molecule has 7 heteroatoms. The minimum atomic E-state index is 0. The summed E-state index contributed by atoms with van der Waals surface area (Å²) in [6.07, 6.45) is 9.58. The van der Waals surface area contributed by atoms with E-state index >= 15 is 0 Å². The van der Waals surface area contributed by atoms with Gasteiger partial charge in [-0.25, -0.2) is 0 Å². The van der Waals surface area contributed by atoms with Crippen molar-refractivity contribution in [1.29, 1.82) is 0 Å². The van der Waals surface area contributed by atoms with Crippen molar-refractivity contribution in [3.63, 3.8) is 0 Å². The van der Waals surface area contributed by atoms with Crippen molar-refractivity contribution in [3.05, 3.63) is 11.7 Å². The van der Waals surface area contributed by atoms with Crippen LogP contribution in [0.4, 0.5) is 0 Å². The Hall–Kier alpha value is -0.860. The summed E-state index contributed by atoms with van der Waals surface area (Å²) in [4.78, 5) is 8.42. The van der Waals surface area contributed by atoms with E-state index in [9.17, 15) is 0 Å². The number of aliphatic imine (C=N–C) groups is 1. The van der Waals surface area contributed by atoms with Crippen molar-refractivity contribution in [2.75, 3.05) is 7.05 Å². The summed E-state index contributed by atoms with van der Waals surface area (Å²) in [7, 11) is 1.78. The van der Waals surface area contributed by atoms with Gasteiger partial charge in [0.2, 0.25) is 5.89 Å². The molecule has 1 aliphatic rings. The molecule has 0 amide bonds. The van der Waals surface area contributed by atoms with Crippen molar-refractivity contribution in [2.45, 2.75) is 71.4 Å². The predicted octanol–water partition coefficient (Wildman–Crippen LogP) is 3.41. The van der Waals surface area contributed by atoms with Crippen LogP contribution in [0.5, 0.6) is 0 Å². The number of nitrogens with one attached hydrogen (secondary N) is 2. The molecule has 1 heterocycles. The zero-order valence-corrected chi connectivity index (χ0v) is 16.8. The maximum atomic E-state index is 5.08. The van der Waals surface area contributed by atoms with E-state index in [1.54, 1.807) is 7.05 Å². The van der Waals surface area contributed by atoms with Gasteiger partial charge in [0.05, 0.1) is 6.54 Å². The van der Waals surface area contributed by atoms with Gasteiger partial charge in [-0.05, 0) is 32.6 Å². The first-order valence-electron chi connectivity index (χ1n) is 8.43. The Bertz CT molecular complexity index is 471. The Morgan fingerprint density at radius 3 is 2.70 bits per heavy atom. The molecule has 6 nitrogen and oxygen atoms in total. The Kier molecular flexibility index (Phi) is 9.50. The van der Waals surface area contributed by atoms with Gasteiger partial charge in [-0.1, -0.05) is 37.3 Å². The summed E-state index contributed by atoms with van der Waals surface area (Å²) in [6, 6.07) is 0.414. The largest absolute Gasteiger partial charge is 0.354 e. The number of rotatable bonds is 6. The second kappa shape index (κ2) is 10.8. The lowest BCUT2D eigenvalue weighted by molar-refractivity contribution is 0.322. The van der Waals surface area contributed by atoms with Crippen LogP contribution in [0.15, 0.2) is 9.52 Å². The third kappa shape index (κ3) is 7.50. The maximum Gasteiger partial charge on any atom is 0.246 e. The molecule has 0 aromatic carbocycles. The van der Waals surface area contributed by atoms with Crippen LogP contribution in [0, 0.1) is 12.8 Å². The summed E-state index contributed by atoms with van der Waals surface area (Å²) in [5.41, 5.74) is 0. The van der Waals surface area contributed by atoms with Crippen molar-refractivity contribution in [1.82, 2.24) is 20.8 Å². The topological polar surface area (TPSA) is 75.3 Å². The fourth-order valence-electron chi connectivity index (χ4n) is 3.03. The van der Waals surface area contributed by atoms with E-state index in [1.165, 1.54) is 44.9 Å². The standard InChI is InChI=1S/C16H29N5O.HI/c1-12(9-10-14-7-5-4-6-8-14)19-16(17-3)18-11-15-20-13(2)21-22-15;/h12,14H,4-11H2,1-3H3,(H2,17,18,19);1H. The van der Waals surface area contributed by atoms with E-state index in [0.29, 0.717) is 24.3 Å². The van der Waals surface area contributed by atoms with Crippen LogP contribution in [0.1, 0.15) is 63.6 Å². The van der Waals surface area contributed by atoms with E-state index < -0.39 is 0 Å². The van der Waals surface area contributed by atoms with Crippen molar-refractivity contribution < 1.29 is 4.52 Å². The molecule has 23 heavy (non-hydrogen) atoms. The van der Waals surface area contributed by atoms with E-state index in [2.05, 4.69) is 32.7 Å². The molecule has 0 saturated heterocycles. The monoisotopic (exact) mass is 435 g/mol. The number of halogens is 1. The van der Waals surface area contributed by atoms with E-state index in [1.807, 2.05) is 6.92 Å². The van der Waals surface area contributed by atoms with Gasteiger partial charge in [0.25, 0.3) is 0 Å². The fourth-order valence-corrected chi connectivity index (χ4v) is 3.03. The number of aryl methyl sites for hydroxylation is 1. The molecule has 0 radical (unpaired) electrons. The highest BCUT2D eigenvalue weighted by Crippen LogP contribution is 2.27. The molecule has 2 rings (SSSR count). The average molecular weight is 435 g/mol. The molecule has 0 bridgehead atoms. The highest BCUT2D eigenvalue weighted by atomic mass is 127. The van der Waals surface area contributed by atoms with Crippen LogP contribution in [0.2, 0.25) is 0 Å². The van der Waals surface area contributed by atoms with Crippen molar-refractivity contribution in [2.24, 2.45) is 10.9 Å². The predicted molar refractivity (Wildman–Crippen MR) is 103 cm³/mol. The van der Waals surface area contributed by atoms with Gasteiger partial charge in [0, 0.05) is 13.1 Å².